The quantitative estimate of drug-likeness (QED) is 0.404. The third-order valence-corrected chi connectivity index (χ3v) is 7.65. The summed E-state index contributed by atoms with van der Waals surface area (Å²) in [6.45, 7) is 9.34. The number of esters is 1. The Kier molecular flexibility index (Phi) is 11.2. The van der Waals surface area contributed by atoms with E-state index < -0.39 is 50.2 Å². The zero-order valence-corrected chi connectivity index (χ0v) is 22.0. The second-order valence-corrected chi connectivity index (χ2v) is 12.1. The lowest BCUT2D eigenvalue weighted by molar-refractivity contribution is -0.147. The second kappa shape index (κ2) is 12.9. The van der Waals surface area contributed by atoms with Gasteiger partial charge in [-0.25, -0.2) is 13.2 Å². The number of rotatable bonds is 12. The number of benzene rings is 1. The Morgan fingerprint density at radius 1 is 1.09 bits per heavy atom. The number of carbonyl (C=O) groups is 4. The maximum atomic E-state index is 13.0. The van der Waals surface area contributed by atoms with E-state index in [1.165, 1.54) is 20.8 Å². The fourth-order valence-electron chi connectivity index (χ4n) is 3.00. The maximum Gasteiger partial charge on any atom is 0.329 e. The van der Waals surface area contributed by atoms with E-state index in [1.54, 1.807) is 51.1 Å². The minimum Gasteiger partial charge on any atom is -0.464 e. The summed E-state index contributed by atoms with van der Waals surface area (Å²) < 4.78 is 30.4. The molecule has 1 rings (SSSR count). The number of hydrogen-bond donors (Lipinski definition) is 2. The largest absolute Gasteiger partial charge is 0.464 e. The molecule has 1 aromatic carbocycles. The molecule has 11 heteroatoms. The smallest absolute Gasteiger partial charge is 0.329 e. The van der Waals surface area contributed by atoms with Gasteiger partial charge in [-0.2, -0.15) is 0 Å². The lowest BCUT2D eigenvalue weighted by atomic mass is 10.0. The van der Waals surface area contributed by atoms with Crippen LogP contribution >= 0.6 is 11.8 Å². The summed E-state index contributed by atoms with van der Waals surface area (Å²) in [5, 5.41) is 4.07. The molecule has 0 saturated carbocycles. The van der Waals surface area contributed by atoms with Gasteiger partial charge in [-0.1, -0.05) is 55.9 Å². The highest BCUT2D eigenvalue weighted by Crippen LogP contribution is 2.21. The molecule has 2 amide bonds. The number of carbonyl (C=O) groups excluding carboxylic acids is 4. The van der Waals surface area contributed by atoms with E-state index in [4.69, 9.17) is 4.74 Å². The van der Waals surface area contributed by atoms with Crippen LogP contribution in [0.5, 0.6) is 0 Å². The zero-order chi connectivity index (χ0) is 26.1. The fourth-order valence-corrected chi connectivity index (χ4v) is 5.34. The monoisotopic (exact) mass is 514 g/mol. The van der Waals surface area contributed by atoms with Crippen molar-refractivity contribution in [3.05, 3.63) is 35.9 Å². The van der Waals surface area contributed by atoms with E-state index in [2.05, 4.69) is 10.6 Å². The molecule has 0 saturated heterocycles. The highest BCUT2D eigenvalue weighted by atomic mass is 32.2. The lowest BCUT2D eigenvalue weighted by Gasteiger charge is -2.30. The number of ether oxygens (including phenoxy) is 1. The molecule has 0 radical (unpaired) electrons. The molecule has 190 valence electrons. The van der Waals surface area contributed by atoms with Crippen LogP contribution in [0.2, 0.25) is 0 Å². The minimum atomic E-state index is -3.79. The summed E-state index contributed by atoms with van der Waals surface area (Å²) in [4.78, 5) is 49.7. The van der Waals surface area contributed by atoms with Crippen molar-refractivity contribution < 1.29 is 32.3 Å². The molecule has 0 heterocycles. The van der Waals surface area contributed by atoms with Gasteiger partial charge in [0.2, 0.25) is 11.8 Å². The Morgan fingerprint density at radius 2 is 1.68 bits per heavy atom. The normalized spacial score (nSPS) is 13.6. The van der Waals surface area contributed by atoms with Gasteiger partial charge in [-0.05, 0) is 32.3 Å². The molecule has 0 aliphatic heterocycles. The van der Waals surface area contributed by atoms with E-state index in [0.29, 0.717) is 5.56 Å². The van der Waals surface area contributed by atoms with Gasteiger partial charge >= 0.3 is 5.97 Å². The molecule has 34 heavy (non-hydrogen) atoms. The van der Waals surface area contributed by atoms with Gasteiger partial charge in [-0.3, -0.25) is 14.4 Å². The third kappa shape index (κ3) is 9.84. The Balaban J connectivity index is 3.01. The number of nitrogens with one attached hydrogen (secondary N) is 2. The minimum absolute atomic E-state index is 0.00238. The van der Waals surface area contributed by atoms with E-state index in [0.717, 1.165) is 11.8 Å². The first-order valence-corrected chi connectivity index (χ1v) is 13.6. The van der Waals surface area contributed by atoms with Gasteiger partial charge in [0.25, 0.3) is 0 Å². The third-order valence-electron chi connectivity index (χ3n) is 4.69. The molecule has 1 aromatic rings. The topological polar surface area (TPSA) is 136 Å². The van der Waals surface area contributed by atoms with E-state index in [1.807, 2.05) is 0 Å². The Morgan fingerprint density at radius 3 is 2.18 bits per heavy atom. The summed E-state index contributed by atoms with van der Waals surface area (Å²) in [5.74, 6) is -3.31. The van der Waals surface area contributed by atoms with Gasteiger partial charge in [0.05, 0.1) is 23.4 Å². The van der Waals surface area contributed by atoms with Crippen LogP contribution in [-0.4, -0.2) is 60.5 Å². The van der Waals surface area contributed by atoms with Crippen LogP contribution in [0.15, 0.2) is 30.3 Å². The summed E-state index contributed by atoms with van der Waals surface area (Å²) in [6.07, 6.45) is 0. The van der Waals surface area contributed by atoms with Crippen molar-refractivity contribution >= 4 is 44.5 Å². The fraction of sp³-hybridized carbons (Fsp3) is 0.565. The molecule has 0 aliphatic carbocycles. The van der Waals surface area contributed by atoms with Crippen LogP contribution in [0.3, 0.4) is 0 Å². The summed E-state index contributed by atoms with van der Waals surface area (Å²) in [7, 11) is -3.79. The molecule has 0 aromatic heterocycles. The first-order valence-electron chi connectivity index (χ1n) is 10.9. The van der Waals surface area contributed by atoms with Crippen LogP contribution in [0.1, 0.15) is 47.1 Å². The predicted molar refractivity (Wildman–Crippen MR) is 132 cm³/mol. The number of thioether (sulfide) groups is 1. The molecule has 0 aliphatic rings. The highest BCUT2D eigenvalue weighted by Gasteiger charge is 2.37. The van der Waals surface area contributed by atoms with Crippen molar-refractivity contribution in [2.75, 3.05) is 12.4 Å². The van der Waals surface area contributed by atoms with Crippen LogP contribution in [-0.2, 0) is 39.5 Å². The number of amides is 2. The van der Waals surface area contributed by atoms with Crippen molar-refractivity contribution in [3.63, 3.8) is 0 Å². The van der Waals surface area contributed by atoms with Gasteiger partial charge in [0.15, 0.2) is 15.0 Å². The molecule has 0 spiro atoms. The second-order valence-electron chi connectivity index (χ2n) is 8.71. The van der Waals surface area contributed by atoms with Crippen molar-refractivity contribution in [1.29, 1.82) is 0 Å². The molecule has 2 atom stereocenters. The predicted octanol–water partition coefficient (Wildman–Crippen LogP) is 1.85. The molecule has 2 N–H and O–H groups in total. The van der Waals surface area contributed by atoms with Gasteiger partial charge in [0.1, 0.15) is 11.6 Å². The number of sulfone groups is 1. The Hall–Kier alpha value is -2.40. The maximum absolute atomic E-state index is 13.0. The SMILES string of the molecule is CCOC(=O)[C@@H](CS(=O)(=O)Cc1ccccc1)NC(=O)C(C)(C)NC(=O)[C@@H](SC(C)=O)C(C)C. The molecular weight excluding hydrogens is 480 g/mol. The van der Waals surface area contributed by atoms with E-state index in [9.17, 15) is 27.6 Å². The standard InChI is InChI=1S/C23H34N2O7S2/c1-7-32-21(28)18(14-34(30,31)13-17-11-9-8-10-12-17)24-22(29)23(5,6)25-20(27)19(15(2)3)33-16(4)26/h8-12,15,18-19H,7,13-14H2,1-6H3,(H,24,29)(H,25,27)/t18-,19+/m1/s1. The summed E-state index contributed by atoms with van der Waals surface area (Å²) >= 11 is 0.866. The van der Waals surface area contributed by atoms with Crippen molar-refractivity contribution in [2.24, 2.45) is 5.92 Å². The number of hydrogen-bond acceptors (Lipinski definition) is 8. The lowest BCUT2D eigenvalue weighted by Crippen LogP contribution is -2.60. The summed E-state index contributed by atoms with van der Waals surface area (Å²) in [5.41, 5.74) is -0.943. The van der Waals surface area contributed by atoms with Crippen LogP contribution in [0.25, 0.3) is 0 Å². The highest BCUT2D eigenvalue weighted by molar-refractivity contribution is 8.14. The van der Waals surface area contributed by atoms with Gasteiger partial charge < -0.3 is 15.4 Å². The Bertz CT molecular complexity index is 976. The van der Waals surface area contributed by atoms with Crippen LogP contribution in [0.4, 0.5) is 0 Å². The first kappa shape index (κ1) is 29.6. The van der Waals surface area contributed by atoms with Gasteiger partial charge in [0, 0.05) is 6.92 Å². The van der Waals surface area contributed by atoms with Crippen molar-refractivity contribution in [2.45, 2.75) is 64.1 Å². The average Bonchev–Trinajstić information content (AvgIpc) is 2.71. The molecule has 0 unspecified atom stereocenters. The van der Waals surface area contributed by atoms with E-state index >= 15 is 0 Å². The average molecular weight is 515 g/mol. The van der Waals surface area contributed by atoms with Crippen molar-refractivity contribution in [3.8, 4) is 0 Å². The molecular formula is C23H34N2O7S2. The van der Waals surface area contributed by atoms with Gasteiger partial charge in [-0.15, -0.1) is 0 Å². The molecule has 0 bridgehead atoms. The zero-order valence-electron chi connectivity index (χ0n) is 20.4. The molecule has 0 fully saturated rings. The summed E-state index contributed by atoms with van der Waals surface area (Å²) in [6, 6.07) is 7.01. The van der Waals surface area contributed by atoms with Crippen LogP contribution < -0.4 is 10.6 Å². The Labute approximate surface area is 205 Å². The first-order chi connectivity index (χ1) is 15.7. The molecule has 9 nitrogen and oxygen atoms in total. The van der Waals surface area contributed by atoms with Crippen molar-refractivity contribution in [1.82, 2.24) is 10.6 Å². The van der Waals surface area contributed by atoms with Crippen LogP contribution in [0, 0.1) is 5.92 Å². The van der Waals surface area contributed by atoms with E-state index in [-0.39, 0.29) is 23.4 Å².